The molecule has 1 fully saturated rings. The van der Waals surface area contributed by atoms with Gasteiger partial charge in [-0.15, -0.1) is 0 Å². The van der Waals surface area contributed by atoms with Crippen LogP contribution >= 0.6 is 0 Å². The number of nitriles is 1. The zero-order chi connectivity index (χ0) is 17.2. The topological polar surface area (TPSA) is 27.0 Å². The number of rotatable bonds is 2. The highest BCUT2D eigenvalue weighted by atomic mass is 19.4. The summed E-state index contributed by atoms with van der Waals surface area (Å²) in [7, 11) is 0. The van der Waals surface area contributed by atoms with E-state index in [1.165, 1.54) is 12.1 Å². The maximum Gasteiger partial charge on any atom is 0.416 e. The summed E-state index contributed by atoms with van der Waals surface area (Å²) in [6, 6.07) is 15.1. The summed E-state index contributed by atoms with van der Waals surface area (Å²) in [4.78, 5) is 2.25. The van der Waals surface area contributed by atoms with Crippen molar-refractivity contribution >= 4 is 5.69 Å². The van der Waals surface area contributed by atoms with Gasteiger partial charge in [-0.1, -0.05) is 12.1 Å². The van der Waals surface area contributed by atoms with E-state index in [1.54, 1.807) is 24.3 Å². The quantitative estimate of drug-likeness (QED) is 0.778. The van der Waals surface area contributed by atoms with E-state index < -0.39 is 11.7 Å². The Morgan fingerprint density at radius 3 is 2.00 bits per heavy atom. The summed E-state index contributed by atoms with van der Waals surface area (Å²) < 4.78 is 37.9. The lowest BCUT2D eigenvalue weighted by Crippen LogP contribution is -2.32. The third kappa shape index (κ3) is 3.53. The second-order valence-electron chi connectivity index (χ2n) is 6.04. The van der Waals surface area contributed by atoms with E-state index in [2.05, 4.69) is 11.0 Å². The van der Waals surface area contributed by atoms with E-state index in [9.17, 15) is 13.2 Å². The highest BCUT2D eigenvalue weighted by molar-refractivity contribution is 5.50. The minimum absolute atomic E-state index is 0.293. The average Bonchev–Trinajstić information content (AvgIpc) is 2.61. The van der Waals surface area contributed by atoms with Gasteiger partial charge in [0.15, 0.2) is 0 Å². The van der Waals surface area contributed by atoms with Crippen molar-refractivity contribution in [2.45, 2.75) is 24.9 Å². The Morgan fingerprint density at radius 2 is 1.50 bits per heavy atom. The van der Waals surface area contributed by atoms with E-state index in [1.807, 2.05) is 12.1 Å². The summed E-state index contributed by atoms with van der Waals surface area (Å²) in [6.45, 7) is 1.72. The molecule has 2 aromatic rings. The standard InChI is InChI=1S/C19H17F3N2/c20-19(21,22)17-5-3-15(4-6-17)16-9-11-24(12-10-16)18-7-1-14(13-23)2-8-18/h1-8,16H,9-12H2. The van der Waals surface area contributed by atoms with E-state index in [0.29, 0.717) is 11.5 Å². The van der Waals surface area contributed by atoms with Gasteiger partial charge in [-0.3, -0.25) is 0 Å². The molecule has 24 heavy (non-hydrogen) atoms. The molecule has 0 saturated carbocycles. The lowest BCUT2D eigenvalue weighted by molar-refractivity contribution is -0.137. The fraction of sp³-hybridized carbons (Fsp3) is 0.316. The molecule has 2 nitrogen and oxygen atoms in total. The summed E-state index contributed by atoms with van der Waals surface area (Å²) in [5.41, 5.74) is 2.10. The summed E-state index contributed by atoms with van der Waals surface area (Å²) in [6.07, 6.45) is -2.46. The third-order valence-corrected chi connectivity index (χ3v) is 4.57. The van der Waals surface area contributed by atoms with Gasteiger partial charge < -0.3 is 4.90 Å². The number of hydrogen-bond acceptors (Lipinski definition) is 2. The Morgan fingerprint density at radius 1 is 0.917 bits per heavy atom. The van der Waals surface area contributed by atoms with Crippen molar-refractivity contribution in [2.24, 2.45) is 0 Å². The minimum atomic E-state index is -4.28. The smallest absolute Gasteiger partial charge is 0.371 e. The predicted molar refractivity (Wildman–Crippen MR) is 86.8 cm³/mol. The normalized spacial score (nSPS) is 16.0. The zero-order valence-corrected chi connectivity index (χ0v) is 13.1. The summed E-state index contributed by atoms with van der Waals surface area (Å²) >= 11 is 0. The molecule has 124 valence electrons. The molecule has 0 spiro atoms. The van der Waals surface area contributed by atoms with Crippen LogP contribution in [-0.2, 0) is 6.18 Å². The first-order valence-corrected chi connectivity index (χ1v) is 7.89. The van der Waals surface area contributed by atoms with Crippen LogP contribution in [0.2, 0.25) is 0 Å². The second-order valence-corrected chi connectivity index (χ2v) is 6.04. The molecule has 3 rings (SSSR count). The molecule has 1 aliphatic rings. The third-order valence-electron chi connectivity index (χ3n) is 4.57. The minimum Gasteiger partial charge on any atom is -0.371 e. The number of benzene rings is 2. The van der Waals surface area contributed by atoms with Gasteiger partial charge in [-0.05, 0) is 60.7 Å². The lowest BCUT2D eigenvalue weighted by Gasteiger charge is -2.34. The number of piperidine rings is 1. The molecule has 1 saturated heterocycles. The van der Waals surface area contributed by atoms with Crippen LogP contribution in [0, 0.1) is 11.3 Å². The van der Waals surface area contributed by atoms with Crippen LogP contribution in [0.5, 0.6) is 0 Å². The Hall–Kier alpha value is -2.48. The van der Waals surface area contributed by atoms with Crippen molar-refractivity contribution < 1.29 is 13.2 Å². The van der Waals surface area contributed by atoms with E-state index in [-0.39, 0.29) is 0 Å². The highest BCUT2D eigenvalue weighted by Crippen LogP contribution is 2.33. The molecule has 0 unspecified atom stereocenters. The van der Waals surface area contributed by atoms with Gasteiger partial charge in [0.2, 0.25) is 0 Å². The van der Waals surface area contributed by atoms with Crippen molar-refractivity contribution in [2.75, 3.05) is 18.0 Å². The average molecular weight is 330 g/mol. The van der Waals surface area contributed by atoms with Gasteiger partial charge in [0.05, 0.1) is 17.2 Å². The molecule has 1 heterocycles. The first kappa shape index (κ1) is 16.4. The summed E-state index contributed by atoms with van der Waals surface area (Å²) in [5, 5.41) is 8.84. The molecule has 0 radical (unpaired) electrons. The molecule has 0 amide bonds. The Kier molecular flexibility index (Phi) is 4.48. The molecule has 1 aliphatic heterocycles. The number of nitrogens with zero attached hydrogens (tertiary/aromatic N) is 2. The van der Waals surface area contributed by atoms with Crippen molar-refractivity contribution in [3.8, 4) is 6.07 Å². The predicted octanol–water partition coefficient (Wildman–Crippen LogP) is 4.96. The largest absolute Gasteiger partial charge is 0.416 e. The maximum atomic E-state index is 12.6. The van der Waals surface area contributed by atoms with Crippen LogP contribution in [0.25, 0.3) is 0 Å². The highest BCUT2D eigenvalue weighted by Gasteiger charge is 2.30. The molecule has 0 N–H and O–H groups in total. The Labute approximate surface area is 139 Å². The number of halogens is 3. The van der Waals surface area contributed by atoms with E-state index >= 15 is 0 Å². The SMILES string of the molecule is N#Cc1ccc(N2CCC(c3ccc(C(F)(F)F)cc3)CC2)cc1. The molecular formula is C19H17F3N2. The van der Waals surface area contributed by atoms with Crippen LogP contribution in [0.1, 0.15) is 35.4 Å². The fourth-order valence-corrected chi connectivity index (χ4v) is 3.16. The number of hydrogen-bond donors (Lipinski definition) is 0. The van der Waals surface area contributed by atoms with Crippen molar-refractivity contribution in [1.29, 1.82) is 5.26 Å². The first-order chi connectivity index (χ1) is 11.5. The first-order valence-electron chi connectivity index (χ1n) is 7.89. The lowest BCUT2D eigenvalue weighted by atomic mass is 9.88. The maximum absolute atomic E-state index is 12.6. The van der Waals surface area contributed by atoms with Gasteiger partial charge in [-0.25, -0.2) is 0 Å². The van der Waals surface area contributed by atoms with Crippen LogP contribution in [0.4, 0.5) is 18.9 Å². The zero-order valence-electron chi connectivity index (χ0n) is 13.1. The van der Waals surface area contributed by atoms with Crippen molar-refractivity contribution in [1.82, 2.24) is 0 Å². The van der Waals surface area contributed by atoms with Crippen molar-refractivity contribution in [3.63, 3.8) is 0 Å². The molecular weight excluding hydrogens is 313 g/mol. The van der Waals surface area contributed by atoms with E-state index in [0.717, 1.165) is 37.2 Å². The monoisotopic (exact) mass is 330 g/mol. The van der Waals surface area contributed by atoms with Crippen LogP contribution in [-0.4, -0.2) is 13.1 Å². The number of anilines is 1. The van der Waals surface area contributed by atoms with Gasteiger partial charge in [0.25, 0.3) is 0 Å². The van der Waals surface area contributed by atoms with Crippen molar-refractivity contribution in [3.05, 3.63) is 65.2 Å². The molecule has 0 aromatic heterocycles. The van der Waals surface area contributed by atoms with Gasteiger partial charge in [0.1, 0.15) is 0 Å². The van der Waals surface area contributed by atoms with Gasteiger partial charge >= 0.3 is 6.18 Å². The molecule has 0 atom stereocenters. The van der Waals surface area contributed by atoms with Gasteiger partial charge in [0, 0.05) is 18.8 Å². The molecule has 0 aliphatic carbocycles. The Balaban J connectivity index is 1.63. The van der Waals surface area contributed by atoms with Gasteiger partial charge in [-0.2, -0.15) is 18.4 Å². The van der Waals surface area contributed by atoms with E-state index in [4.69, 9.17) is 5.26 Å². The van der Waals surface area contributed by atoms with Crippen LogP contribution < -0.4 is 4.90 Å². The number of alkyl halides is 3. The molecule has 2 aromatic carbocycles. The van der Waals surface area contributed by atoms with Crippen LogP contribution in [0.15, 0.2) is 48.5 Å². The summed E-state index contributed by atoms with van der Waals surface area (Å²) in [5.74, 6) is 0.293. The molecule has 5 heteroatoms. The fourth-order valence-electron chi connectivity index (χ4n) is 3.16. The second kappa shape index (κ2) is 6.56. The Bertz CT molecular complexity index is 719. The van der Waals surface area contributed by atoms with Crippen LogP contribution in [0.3, 0.4) is 0 Å². The molecule has 0 bridgehead atoms.